The van der Waals surface area contributed by atoms with Gasteiger partial charge < -0.3 is 29.2 Å². The summed E-state index contributed by atoms with van der Waals surface area (Å²) in [5.74, 6) is 2.72. The SMILES string of the molecule is O=c1cccc2n1C[C@H]1C[C@H]2CN(c2nc(NC[C@@H]3CCCO3)nc(N3CCOCC3)n2)C1. The van der Waals surface area contributed by atoms with Crippen LogP contribution in [-0.4, -0.2) is 78.2 Å². The van der Waals surface area contributed by atoms with Crippen LogP contribution in [0.2, 0.25) is 0 Å². The lowest BCUT2D eigenvalue weighted by Gasteiger charge is -2.42. The maximum Gasteiger partial charge on any atom is 0.250 e. The van der Waals surface area contributed by atoms with Crippen LogP contribution in [0.3, 0.4) is 0 Å². The van der Waals surface area contributed by atoms with E-state index in [1.54, 1.807) is 6.07 Å². The minimum atomic E-state index is 0.103. The Morgan fingerprint density at radius 3 is 2.67 bits per heavy atom. The second-order valence-electron chi connectivity index (χ2n) is 9.48. The van der Waals surface area contributed by atoms with Gasteiger partial charge in [0, 0.05) is 63.6 Å². The first kappa shape index (κ1) is 20.9. The van der Waals surface area contributed by atoms with E-state index in [-0.39, 0.29) is 11.7 Å². The zero-order valence-electron chi connectivity index (χ0n) is 18.9. The molecular formula is C23H31N7O3. The standard InChI is InChI=1S/C23H31N7O3/c31-20-5-1-4-19-17-11-16(14-30(19)20)13-29(15-17)23-26-21(24-12-18-3-2-8-33-18)25-22(27-23)28-6-9-32-10-7-28/h1,4-5,16-18H,2-3,6-15H2,(H,24,25,26,27)/t16-,17-,18-/m0/s1. The lowest BCUT2D eigenvalue weighted by atomic mass is 9.83. The quantitative estimate of drug-likeness (QED) is 0.713. The molecular weight excluding hydrogens is 422 g/mol. The van der Waals surface area contributed by atoms with Crippen molar-refractivity contribution in [2.45, 2.75) is 37.8 Å². The topological polar surface area (TPSA) is 97.6 Å². The molecule has 33 heavy (non-hydrogen) atoms. The zero-order valence-corrected chi connectivity index (χ0v) is 18.9. The highest BCUT2D eigenvalue weighted by molar-refractivity contribution is 5.46. The van der Waals surface area contributed by atoms with Gasteiger partial charge in [-0.25, -0.2) is 0 Å². The van der Waals surface area contributed by atoms with Crippen LogP contribution in [0.5, 0.6) is 0 Å². The van der Waals surface area contributed by atoms with Gasteiger partial charge in [-0.05, 0) is 31.2 Å². The largest absolute Gasteiger partial charge is 0.378 e. The Kier molecular flexibility index (Phi) is 5.63. The summed E-state index contributed by atoms with van der Waals surface area (Å²) in [4.78, 5) is 31.3. The number of hydrogen-bond donors (Lipinski definition) is 1. The molecule has 2 aromatic rings. The molecule has 1 N–H and O–H groups in total. The van der Waals surface area contributed by atoms with Crippen LogP contribution >= 0.6 is 0 Å². The van der Waals surface area contributed by atoms with Crippen molar-refractivity contribution in [2.24, 2.45) is 5.92 Å². The Labute approximate surface area is 192 Å². The minimum absolute atomic E-state index is 0.103. The highest BCUT2D eigenvalue weighted by Crippen LogP contribution is 2.36. The van der Waals surface area contributed by atoms with Gasteiger partial charge in [-0.1, -0.05) is 6.07 Å². The maximum absolute atomic E-state index is 12.4. The third-order valence-electron chi connectivity index (χ3n) is 7.18. The fraction of sp³-hybridized carbons (Fsp3) is 0.652. The Balaban J connectivity index is 1.28. The number of nitrogens with one attached hydrogen (secondary N) is 1. The Morgan fingerprint density at radius 2 is 1.85 bits per heavy atom. The van der Waals surface area contributed by atoms with Crippen molar-refractivity contribution in [1.29, 1.82) is 0 Å². The Morgan fingerprint density at radius 1 is 1.00 bits per heavy atom. The van der Waals surface area contributed by atoms with Crippen molar-refractivity contribution in [3.63, 3.8) is 0 Å². The van der Waals surface area contributed by atoms with Crippen molar-refractivity contribution in [2.75, 3.05) is 67.7 Å². The maximum atomic E-state index is 12.4. The van der Waals surface area contributed by atoms with E-state index in [9.17, 15) is 4.79 Å². The molecule has 3 saturated heterocycles. The van der Waals surface area contributed by atoms with E-state index in [1.165, 1.54) is 0 Å². The van der Waals surface area contributed by atoms with E-state index >= 15 is 0 Å². The minimum Gasteiger partial charge on any atom is -0.378 e. The summed E-state index contributed by atoms with van der Waals surface area (Å²) < 4.78 is 13.2. The van der Waals surface area contributed by atoms with Crippen molar-refractivity contribution >= 4 is 17.8 Å². The number of aromatic nitrogens is 4. The van der Waals surface area contributed by atoms with Gasteiger partial charge in [-0.15, -0.1) is 0 Å². The first-order chi connectivity index (χ1) is 16.2. The third kappa shape index (κ3) is 4.29. The average Bonchev–Trinajstić information content (AvgIpc) is 3.38. The zero-order chi connectivity index (χ0) is 22.2. The number of pyridine rings is 1. The van der Waals surface area contributed by atoms with Gasteiger partial charge in [-0.3, -0.25) is 4.79 Å². The van der Waals surface area contributed by atoms with Gasteiger partial charge in [0.25, 0.3) is 5.56 Å². The van der Waals surface area contributed by atoms with E-state index in [0.29, 0.717) is 49.4 Å². The molecule has 3 atom stereocenters. The number of morpholine rings is 1. The molecule has 10 heteroatoms. The molecule has 0 radical (unpaired) electrons. The van der Waals surface area contributed by atoms with Crippen LogP contribution in [0.1, 0.15) is 30.9 Å². The number of anilines is 3. The average molecular weight is 454 g/mol. The molecule has 10 nitrogen and oxygen atoms in total. The van der Waals surface area contributed by atoms with Gasteiger partial charge in [0.2, 0.25) is 17.8 Å². The van der Waals surface area contributed by atoms with E-state index < -0.39 is 0 Å². The summed E-state index contributed by atoms with van der Waals surface area (Å²) in [5, 5.41) is 3.40. The number of hydrogen-bond acceptors (Lipinski definition) is 9. The van der Waals surface area contributed by atoms with Gasteiger partial charge in [0.05, 0.1) is 19.3 Å². The van der Waals surface area contributed by atoms with Gasteiger partial charge in [-0.2, -0.15) is 15.0 Å². The number of rotatable bonds is 5. The first-order valence-electron chi connectivity index (χ1n) is 12.1. The number of piperidine rings is 1. The fourth-order valence-electron chi connectivity index (χ4n) is 5.55. The van der Waals surface area contributed by atoms with E-state index in [1.807, 2.05) is 10.6 Å². The molecule has 0 spiro atoms. The summed E-state index contributed by atoms with van der Waals surface area (Å²) in [6.45, 7) is 6.84. The van der Waals surface area contributed by atoms with Crippen LogP contribution in [-0.2, 0) is 16.0 Å². The molecule has 2 bridgehead atoms. The van der Waals surface area contributed by atoms with E-state index in [0.717, 1.165) is 64.3 Å². The molecule has 2 aromatic heterocycles. The molecule has 0 unspecified atom stereocenters. The first-order valence-corrected chi connectivity index (χ1v) is 12.1. The molecule has 0 aromatic carbocycles. The third-order valence-corrected chi connectivity index (χ3v) is 7.18. The van der Waals surface area contributed by atoms with Gasteiger partial charge in [0.1, 0.15) is 0 Å². The number of ether oxygens (including phenoxy) is 2. The smallest absolute Gasteiger partial charge is 0.250 e. The second kappa shape index (κ2) is 8.90. The van der Waals surface area contributed by atoms with Crippen LogP contribution in [0.25, 0.3) is 0 Å². The Hall–Kier alpha value is -2.72. The summed E-state index contributed by atoms with van der Waals surface area (Å²) in [6.07, 6.45) is 3.48. The molecule has 4 aliphatic rings. The molecule has 0 aliphatic carbocycles. The second-order valence-corrected chi connectivity index (χ2v) is 9.48. The Bertz CT molecular complexity index is 1050. The molecule has 3 fully saturated rings. The molecule has 6 heterocycles. The van der Waals surface area contributed by atoms with Crippen molar-refractivity contribution in [3.05, 3.63) is 34.2 Å². The summed E-state index contributed by atoms with van der Waals surface area (Å²) in [5.41, 5.74) is 1.23. The van der Waals surface area contributed by atoms with Gasteiger partial charge in [0.15, 0.2) is 0 Å². The summed E-state index contributed by atoms with van der Waals surface area (Å²) >= 11 is 0. The van der Waals surface area contributed by atoms with Crippen molar-refractivity contribution in [3.8, 4) is 0 Å². The molecule has 176 valence electrons. The number of fused-ring (bicyclic) bond motifs is 4. The van der Waals surface area contributed by atoms with E-state index in [4.69, 9.17) is 24.4 Å². The molecule has 0 amide bonds. The van der Waals surface area contributed by atoms with Crippen LogP contribution in [0, 0.1) is 5.92 Å². The predicted molar refractivity (Wildman–Crippen MR) is 124 cm³/mol. The highest BCUT2D eigenvalue weighted by Gasteiger charge is 2.36. The normalized spacial score (nSPS) is 26.8. The number of nitrogens with zero attached hydrogens (tertiary/aromatic N) is 6. The lowest BCUT2D eigenvalue weighted by molar-refractivity contribution is 0.120. The monoisotopic (exact) mass is 453 g/mol. The summed E-state index contributed by atoms with van der Waals surface area (Å²) in [6, 6.07) is 5.63. The molecule has 6 rings (SSSR count). The lowest BCUT2D eigenvalue weighted by Crippen LogP contribution is -2.48. The predicted octanol–water partition coefficient (Wildman–Crippen LogP) is 1.08. The van der Waals surface area contributed by atoms with Crippen LogP contribution in [0.4, 0.5) is 17.8 Å². The van der Waals surface area contributed by atoms with Crippen molar-refractivity contribution < 1.29 is 9.47 Å². The molecule has 0 saturated carbocycles. The fourth-order valence-corrected chi connectivity index (χ4v) is 5.55. The van der Waals surface area contributed by atoms with Crippen LogP contribution < -0.4 is 20.7 Å². The highest BCUT2D eigenvalue weighted by atomic mass is 16.5. The van der Waals surface area contributed by atoms with E-state index in [2.05, 4.69) is 21.2 Å². The molecule has 4 aliphatic heterocycles. The van der Waals surface area contributed by atoms with Gasteiger partial charge >= 0.3 is 0 Å². The van der Waals surface area contributed by atoms with Crippen molar-refractivity contribution in [1.82, 2.24) is 19.5 Å². The summed E-state index contributed by atoms with van der Waals surface area (Å²) in [7, 11) is 0. The van der Waals surface area contributed by atoms with Crippen LogP contribution in [0.15, 0.2) is 23.0 Å².